The molecule has 0 saturated carbocycles. The van der Waals surface area contributed by atoms with Crippen molar-refractivity contribution in [2.45, 2.75) is 13.0 Å². The summed E-state index contributed by atoms with van der Waals surface area (Å²) >= 11 is 0. The predicted octanol–water partition coefficient (Wildman–Crippen LogP) is 1.71. The highest BCUT2D eigenvalue weighted by atomic mass is 16.6. The summed E-state index contributed by atoms with van der Waals surface area (Å²) < 4.78 is 14.5. The molecule has 0 fully saturated rings. The molecule has 1 atom stereocenters. The second kappa shape index (κ2) is 7.75. The molecule has 5 heteroatoms. The zero-order chi connectivity index (χ0) is 15.8. The average molecular weight is 288 g/mol. The van der Waals surface area contributed by atoms with E-state index >= 15 is 0 Å². The second-order valence-corrected chi connectivity index (χ2v) is 4.00. The summed E-state index contributed by atoms with van der Waals surface area (Å²) in [6.07, 6.45) is -1.04. The molecule has 5 nitrogen and oxygen atoms in total. The normalized spacial score (nSPS) is 10.6. The Balaban J connectivity index is 2.95. The summed E-state index contributed by atoms with van der Waals surface area (Å²) in [7, 11) is 2.78. The highest BCUT2D eigenvalue weighted by Crippen LogP contribution is 2.11. The van der Waals surface area contributed by atoms with Crippen molar-refractivity contribution in [3.05, 3.63) is 42.0 Å². The number of hydrogen-bond donors (Lipinski definition) is 0. The zero-order valence-corrected chi connectivity index (χ0v) is 12.1. The monoisotopic (exact) mass is 288 g/mol. The molecule has 110 valence electrons. The van der Waals surface area contributed by atoms with E-state index in [1.54, 1.807) is 31.4 Å². The Bertz CT molecular complexity index is 589. The highest BCUT2D eigenvalue weighted by molar-refractivity contribution is 5.90. The number of benzene rings is 1. The summed E-state index contributed by atoms with van der Waals surface area (Å²) in [6.45, 7) is 4.77. The smallest absolute Gasteiger partial charge is 0.337 e. The number of esters is 2. The third-order valence-corrected chi connectivity index (χ3v) is 2.49. The Morgan fingerprint density at radius 1 is 1.19 bits per heavy atom. The van der Waals surface area contributed by atoms with Crippen molar-refractivity contribution in [3.8, 4) is 17.6 Å². The molecule has 0 amide bonds. The van der Waals surface area contributed by atoms with E-state index in [0.717, 1.165) is 0 Å². The van der Waals surface area contributed by atoms with E-state index in [1.165, 1.54) is 14.0 Å². The molecular weight excluding hydrogens is 272 g/mol. The molecule has 0 aromatic heterocycles. The largest absolute Gasteiger partial charge is 0.497 e. The maximum atomic E-state index is 11.4. The topological polar surface area (TPSA) is 61.8 Å². The lowest BCUT2D eigenvalue weighted by atomic mass is 10.1. The van der Waals surface area contributed by atoms with Crippen molar-refractivity contribution in [1.29, 1.82) is 0 Å². The number of rotatable bonds is 4. The van der Waals surface area contributed by atoms with E-state index in [9.17, 15) is 9.59 Å². The minimum atomic E-state index is -1.04. The summed E-state index contributed by atoms with van der Waals surface area (Å²) in [5.74, 6) is 4.96. The summed E-state index contributed by atoms with van der Waals surface area (Å²) in [4.78, 5) is 22.5. The molecule has 21 heavy (non-hydrogen) atoms. The summed E-state index contributed by atoms with van der Waals surface area (Å²) in [6, 6.07) is 7.00. The number of ether oxygens (including phenoxy) is 3. The van der Waals surface area contributed by atoms with Crippen molar-refractivity contribution >= 4 is 11.9 Å². The summed E-state index contributed by atoms with van der Waals surface area (Å²) in [5, 5.41) is 0. The number of hydrogen-bond acceptors (Lipinski definition) is 5. The molecule has 0 heterocycles. The molecule has 0 bridgehead atoms. The molecule has 1 unspecified atom stereocenters. The molecule has 1 rings (SSSR count). The Morgan fingerprint density at radius 2 is 1.81 bits per heavy atom. The molecule has 0 aliphatic heterocycles. The highest BCUT2D eigenvalue weighted by Gasteiger charge is 2.20. The van der Waals surface area contributed by atoms with Crippen LogP contribution in [-0.4, -0.2) is 32.3 Å². The Hall–Kier alpha value is -2.74. The van der Waals surface area contributed by atoms with Crippen molar-refractivity contribution in [3.63, 3.8) is 0 Å². The van der Waals surface area contributed by atoms with E-state index in [-0.39, 0.29) is 5.57 Å². The summed E-state index contributed by atoms with van der Waals surface area (Å²) in [5.41, 5.74) is 0.652. The number of carbonyl (C=O) groups excluding carboxylic acids is 2. The van der Waals surface area contributed by atoms with Gasteiger partial charge >= 0.3 is 11.9 Å². The molecule has 0 saturated heterocycles. The molecule has 0 radical (unpaired) electrons. The van der Waals surface area contributed by atoms with E-state index in [4.69, 9.17) is 9.47 Å². The van der Waals surface area contributed by atoms with Gasteiger partial charge in [0.15, 0.2) is 6.10 Å². The standard InChI is InChI=1S/C16H16O5/c1-11(16(18)20-4)15(21-12(2)17)10-7-13-5-8-14(19-3)9-6-13/h5-6,8-9,15H,1H2,2-4H3. The first-order valence-corrected chi connectivity index (χ1v) is 6.08. The molecule has 0 aliphatic carbocycles. The molecule has 0 spiro atoms. The van der Waals surface area contributed by atoms with Crippen LogP contribution in [0, 0.1) is 11.8 Å². The van der Waals surface area contributed by atoms with Gasteiger partial charge in [0.05, 0.1) is 19.8 Å². The van der Waals surface area contributed by atoms with E-state index < -0.39 is 18.0 Å². The van der Waals surface area contributed by atoms with Crippen LogP contribution in [0.15, 0.2) is 36.4 Å². The van der Waals surface area contributed by atoms with Gasteiger partial charge in [0.1, 0.15) is 5.75 Å². The van der Waals surface area contributed by atoms with Gasteiger partial charge in [-0.1, -0.05) is 12.5 Å². The maximum Gasteiger partial charge on any atom is 0.337 e. The minimum absolute atomic E-state index is 0.0336. The van der Waals surface area contributed by atoms with Crippen LogP contribution in [0.5, 0.6) is 5.75 Å². The van der Waals surface area contributed by atoms with Gasteiger partial charge in [-0.05, 0) is 30.2 Å². The van der Waals surface area contributed by atoms with Gasteiger partial charge in [-0.25, -0.2) is 4.79 Å². The Morgan fingerprint density at radius 3 is 2.29 bits per heavy atom. The minimum Gasteiger partial charge on any atom is -0.497 e. The molecule has 0 aliphatic rings. The number of methoxy groups -OCH3 is 2. The van der Waals surface area contributed by atoms with Crippen LogP contribution in [0.4, 0.5) is 0 Å². The SMILES string of the molecule is C=C(C(=O)OC)C(C#Cc1ccc(OC)cc1)OC(C)=O. The lowest BCUT2D eigenvalue weighted by Gasteiger charge is -2.11. The first-order valence-electron chi connectivity index (χ1n) is 6.08. The van der Waals surface area contributed by atoms with E-state index in [0.29, 0.717) is 11.3 Å². The first kappa shape index (κ1) is 16.3. The van der Waals surface area contributed by atoms with Gasteiger partial charge in [-0.15, -0.1) is 0 Å². The van der Waals surface area contributed by atoms with Crippen LogP contribution in [0.2, 0.25) is 0 Å². The fourth-order valence-electron chi connectivity index (χ4n) is 1.42. The van der Waals surface area contributed by atoms with Crippen LogP contribution in [0.25, 0.3) is 0 Å². The molecule has 1 aromatic rings. The van der Waals surface area contributed by atoms with Gasteiger partial charge in [-0.2, -0.15) is 0 Å². The second-order valence-electron chi connectivity index (χ2n) is 4.00. The van der Waals surface area contributed by atoms with E-state index in [1.807, 2.05) is 0 Å². The van der Waals surface area contributed by atoms with Crippen molar-refractivity contribution in [2.24, 2.45) is 0 Å². The molecular formula is C16H16O5. The maximum absolute atomic E-state index is 11.4. The van der Waals surface area contributed by atoms with Crippen molar-refractivity contribution in [2.75, 3.05) is 14.2 Å². The Labute approximate surface area is 123 Å². The van der Waals surface area contributed by atoms with Crippen LogP contribution >= 0.6 is 0 Å². The quantitative estimate of drug-likeness (QED) is 0.479. The van der Waals surface area contributed by atoms with E-state index in [2.05, 4.69) is 23.2 Å². The fourth-order valence-corrected chi connectivity index (χ4v) is 1.42. The first-order chi connectivity index (χ1) is 9.97. The van der Waals surface area contributed by atoms with Crippen LogP contribution in [-0.2, 0) is 19.1 Å². The van der Waals surface area contributed by atoms with Gasteiger partial charge in [0, 0.05) is 12.5 Å². The van der Waals surface area contributed by atoms with Gasteiger partial charge in [-0.3, -0.25) is 4.79 Å². The van der Waals surface area contributed by atoms with Crippen LogP contribution in [0.3, 0.4) is 0 Å². The third kappa shape index (κ3) is 5.03. The van der Waals surface area contributed by atoms with Crippen molar-refractivity contribution in [1.82, 2.24) is 0 Å². The molecule has 0 N–H and O–H groups in total. The Kier molecular flexibility index (Phi) is 6.02. The van der Waals surface area contributed by atoms with Gasteiger partial charge in [0.2, 0.25) is 0 Å². The molecule has 1 aromatic carbocycles. The van der Waals surface area contributed by atoms with Crippen molar-refractivity contribution < 1.29 is 23.8 Å². The fraction of sp³-hybridized carbons (Fsp3) is 0.250. The van der Waals surface area contributed by atoms with Gasteiger partial charge < -0.3 is 14.2 Å². The predicted molar refractivity (Wildman–Crippen MR) is 76.6 cm³/mol. The lowest BCUT2D eigenvalue weighted by Crippen LogP contribution is -2.22. The third-order valence-electron chi connectivity index (χ3n) is 2.49. The zero-order valence-electron chi connectivity index (χ0n) is 12.1. The lowest BCUT2D eigenvalue weighted by molar-refractivity contribution is -0.144. The van der Waals surface area contributed by atoms with Gasteiger partial charge in [0.25, 0.3) is 0 Å². The van der Waals surface area contributed by atoms with Crippen LogP contribution in [0.1, 0.15) is 12.5 Å². The van der Waals surface area contributed by atoms with Crippen LogP contribution < -0.4 is 4.74 Å². The number of carbonyl (C=O) groups is 2. The average Bonchev–Trinajstić information content (AvgIpc) is 2.50.